The summed E-state index contributed by atoms with van der Waals surface area (Å²) in [5, 5.41) is 3.21. The Bertz CT molecular complexity index is 369. The molecule has 0 unspecified atom stereocenters. The minimum absolute atomic E-state index is 0.0120. The van der Waals surface area contributed by atoms with E-state index in [1.165, 1.54) is 0 Å². The Labute approximate surface area is 108 Å². The van der Waals surface area contributed by atoms with Gasteiger partial charge in [0, 0.05) is 19.3 Å². The Morgan fingerprint density at radius 3 is 3.06 bits per heavy atom. The summed E-state index contributed by atoms with van der Waals surface area (Å²) in [6.07, 6.45) is 1.78. The van der Waals surface area contributed by atoms with Crippen LogP contribution in [0.5, 0.6) is 0 Å². The zero-order chi connectivity index (χ0) is 13.2. The van der Waals surface area contributed by atoms with Crippen molar-refractivity contribution in [2.24, 2.45) is 0 Å². The molecule has 1 aromatic rings. The Hall–Kier alpha value is -1.46. The topological polar surface area (TPSA) is 60.5 Å². The third-order valence-corrected chi connectivity index (χ3v) is 2.36. The first-order chi connectivity index (χ1) is 8.74. The van der Waals surface area contributed by atoms with E-state index in [4.69, 9.17) is 9.47 Å². The Balaban J connectivity index is 2.06. The van der Waals surface area contributed by atoms with Crippen molar-refractivity contribution in [3.8, 4) is 0 Å². The molecule has 100 valence electrons. The molecular weight excluding hydrogens is 232 g/mol. The highest BCUT2D eigenvalue weighted by molar-refractivity contribution is 5.70. The lowest BCUT2D eigenvalue weighted by Crippen LogP contribution is -2.22. The number of aryl methyl sites for hydroxylation is 1. The second kappa shape index (κ2) is 8.60. The zero-order valence-electron chi connectivity index (χ0n) is 10.9. The maximum atomic E-state index is 11.0. The molecule has 0 radical (unpaired) electrons. The van der Waals surface area contributed by atoms with Crippen molar-refractivity contribution in [1.29, 1.82) is 0 Å². The minimum Gasteiger partial charge on any atom is -0.464 e. The summed E-state index contributed by atoms with van der Waals surface area (Å²) < 4.78 is 9.90. The summed E-state index contributed by atoms with van der Waals surface area (Å²) in [6.45, 7) is 6.06. The molecule has 0 amide bonds. The fraction of sp³-hybridized carbons (Fsp3) is 0.538. The molecule has 0 aliphatic heterocycles. The molecule has 1 heterocycles. The van der Waals surface area contributed by atoms with Gasteiger partial charge in [-0.1, -0.05) is 6.07 Å². The Morgan fingerprint density at radius 1 is 1.50 bits per heavy atom. The number of carbonyl (C=O) groups excluding carboxylic acids is 1. The minimum atomic E-state index is -0.321. The highest BCUT2D eigenvalue weighted by atomic mass is 16.6. The molecule has 0 aromatic carbocycles. The highest BCUT2D eigenvalue weighted by Crippen LogP contribution is 2.01. The van der Waals surface area contributed by atoms with E-state index in [0.29, 0.717) is 26.3 Å². The lowest BCUT2D eigenvalue weighted by molar-refractivity contribution is -0.148. The summed E-state index contributed by atoms with van der Waals surface area (Å²) in [6, 6.07) is 3.95. The van der Waals surface area contributed by atoms with Crippen molar-refractivity contribution in [2.45, 2.75) is 20.4 Å². The molecule has 0 saturated heterocycles. The van der Waals surface area contributed by atoms with E-state index in [1.54, 1.807) is 13.1 Å². The van der Waals surface area contributed by atoms with Gasteiger partial charge in [-0.2, -0.15) is 0 Å². The van der Waals surface area contributed by atoms with E-state index in [1.807, 2.05) is 19.1 Å². The molecule has 0 bridgehead atoms. The molecule has 1 N–H and O–H groups in total. The number of hydrogen-bond donors (Lipinski definition) is 1. The van der Waals surface area contributed by atoms with Gasteiger partial charge in [0.05, 0.1) is 18.9 Å². The quantitative estimate of drug-likeness (QED) is 0.554. The number of aromatic nitrogens is 1. The summed E-state index contributed by atoms with van der Waals surface area (Å²) in [5.41, 5.74) is 2.19. The van der Waals surface area contributed by atoms with Crippen molar-refractivity contribution in [2.75, 3.05) is 26.4 Å². The predicted octanol–water partition coefficient (Wildman–Crippen LogP) is 1.06. The molecule has 1 rings (SSSR count). The van der Waals surface area contributed by atoms with Crippen molar-refractivity contribution in [3.63, 3.8) is 0 Å². The van der Waals surface area contributed by atoms with Crippen LogP contribution in [0.15, 0.2) is 18.3 Å². The Morgan fingerprint density at radius 2 is 2.33 bits per heavy atom. The number of nitrogens with one attached hydrogen (secondary N) is 1. The van der Waals surface area contributed by atoms with Crippen molar-refractivity contribution >= 4 is 5.97 Å². The van der Waals surface area contributed by atoms with Gasteiger partial charge in [-0.25, -0.2) is 4.79 Å². The van der Waals surface area contributed by atoms with Gasteiger partial charge < -0.3 is 14.8 Å². The number of pyridine rings is 1. The average Bonchev–Trinajstić information content (AvgIpc) is 2.36. The first kappa shape index (κ1) is 14.6. The summed E-state index contributed by atoms with van der Waals surface area (Å²) in [4.78, 5) is 15.2. The molecule has 5 nitrogen and oxygen atoms in total. The van der Waals surface area contributed by atoms with Gasteiger partial charge in [-0.05, 0) is 25.5 Å². The first-order valence-electron chi connectivity index (χ1n) is 6.08. The lowest BCUT2D eigenvalue weighted by Gasteiger charge is -2.07. The molecular formula is C13H20N2O3. The van der Waals surface area contributed by atoms with Crippen LogP contribution in [-0.2, 0) is 20.8 Å². The van der Waals surface area contributed by atoms with Crippen LogP contribution in [0.25, 0.3) is 0 Å². The van der Waals surface area contributed by atoms with E-state index in [0.717, 1.165) is 11.3 Å². The van der Waals surface area contributed by atoms with Gasteiger partial charge in [0.1, 0.15) is 6.61 Å². The second-order valence-corrected chi connectivity index (χ2v) is 3.80. The number of carbonyl (C=O) groups is 1. The SMILES string of the molecule is CCOC(=O)COCCNCc1ncccc1C. The standard InChI is InChI=1S/C13H20N2O3/c1-3-18-13(16)10-17-8-7-14-9-12-11(2)5-4-6-15-12/h4-6,14H,3,7-10H2,1-2H3. The zero-order valence-corrected chi connectivity index (χ0v) is 10.9. The number of hydrogen-bond acceptors (Lipinski definition) is 5. The van der Waals surface area contributed by atoms with Crippen LogP contribution >= 0.6 is 0 Å². The van der Waals surface area contributed by atoms with Crippen molar-refractivity contribution in [1.82, 2.24) is 10.3 Å². The number of nitrogens with zero attached hydrogens (tertiary/aromatic N) is 1. The summed E-state index contributed by atoms with van der Waals surface area (Å²) in [7, 11) is 0. The monoisotopic (exact) mass is 252 g/mol. The van der Waals surface area contributed by atoms with Crippen LogP contribution in [0.4, 0.5) is 0 Å². The van der Waals surface area contributed by atoms with Gasteiger partial charge >= 0.3 is 5.97 Å². The van der Waals surface area contributed by atoms with E-state index in [2.05, 4.69) is 10.3 Å². The maximum absolute atomic E-state index is 11.0. The molecule has 18 heavy (non-hydrogen) atoms. The van der Waals surface area contributed by atoms with E-state index >= 15 is 0 Å². The van der Waals surface area contributed by atoms with E-state index in [9.17, 15) is 4.79 Å². The van der Waals surface area contributed by atoms with Gasteiger partial charge in [0.25, 0.3) is 0 Å². The highest BCUT2D eigenvalue weighted by Gasteiger charge is 2.01. The molecule has 1 aromatic heterocycles. The maximum Gasteiger partial charge on any atom is 0.332 e. The molecule has 0 fully saturated rings. The van der Waals surface area contributed by atoms with Crippen LogP contribution < -0.4 is 5.32 Å². The molecule has 0 atom stereocenters. The third kappa shape index (κ3) is 5.75. The lowest BCUT2D eigenvalue weighted by atomic mass is 10.2. The van der Waals surface area contributed by atoms with Crippen LogP contribution in [0, 0.1) is 6.92 Å². The van der Waals surface area contributed by atoms with Crippen LogP contribution in [0.3, 0.4) is 0 Å². The second-order valence-electron chi connectivity index (χ2n) is 3.80. The number of ether oxygens (including phenoxy) is 2. The van der Waals surface area contributed by atoms with Gasteiger partial charge in [0.15, 0.2) is 0 Å². The number of esters is 1. The molecule has 0 saturated carbocycles. The molecule has 0 aliphatic rings. The summed E-state index contributed by atoms with van der Waals surface area (Å²) in [5.74, 6) is -0.321. The summed E-state index contributed by atoms with van der Waals surface area (Å²) >= 11 is 0. The average molecular weight is 252 g/mol. The largest absolute Gasteiger partial charge is 0.464 e. The van der Waals surface area contributed by atoms with Gasteiger partial charge in [-0.3, -0.25) is 4.98 Å². The fourth-order valence-electron chi connectivity index (χ4n) is 1.41. The molecule has 5 heteroatoms. The number of rotatable bonds is 8. The van der Waals surface area contributed by atoms with Gasteiger partial charge in [0.2, 0.25) is 0 Å². The van der Waals surface area contributed by atoms with Crippen molar-refractivity contribution in [3.05, 3.63) is 29.6 Å². The first-order valence-corrected chi connectivity index (χ1v) is 6.08. The van der Waals surface area contributed by atoms with Crippen LogP contribution in [-0.4, -0.2) is 37.3 Å². The van der Waals surface area contributed by atoms with E-state index in [-0.39, 0.29) is 12.6 Å². The van der Waals surface area contributed by atoms with Crippen LogP contribution in [0.2, 0.25) is 0 Å². The third-order valence-electron chi connectivity index (χ3n) is 2.36. The molecule has 0 aliphatic carbocycles. The van der Waals surface area contributed by atoms with Crippen LogP contribution in [0.1, 0.15) is 18.2 Å². The van der Waals surface area contributed by atoms with Gasteiger partial charge in [-0.15, -0.1) is 0 Å². The smallest absolute Gasteiger partial charge is 0.332 e. The Kier molecular flexibility index (Phi) is 6.98. The fourth-order valence-corrected chi connectivity index (χ4v) is 1.41. The van der Waals surface area contributed by atoms with E-state index < -0.39 is 0 Å². The normalized spacial score (nSPS) is 10.3. The molecule has 0 spiro atoms. The predicted molar refractivity (Wildman–Crippen MR) is 68.1 cm³/mol. The van der Waals surface area contributed by atoms with Crippen molar-refractivity contribution < 1.29 is 14.3 Å².